The Kier molecular flexibility index (Phi) is 7.32. The number of hydrogen-bond acceptors (Lipinski definition) is 2. The molecule has 0 saturated heterocycles. The Labute approximate surface area is 303 Å². The number of anilines is 2. The first-order valence-corrected chi connectivity index (χ1v) is 18.0. The van der Waals surface area contributed by atoms with Gasteiger partial charge in [0, 0.05) is 33.1 Å². The van der Waals surface area contributed by atoms with Crippen molar-refractivity contribution in [3.8, 4) is 33.4 Å². The van der Waals surface area contributed by atoms with Gasteiger partial charge >= 0.3 is 0 Å². The van der Waals surface area contributed by atoms with Gasteiger partial charge < -0.3 is 9.32 Å². The SMILES string of the molecule is C1=Cc2ccccc2C(N(c2ccc(-c3cccc4c3oc3c5ccccc5c(-c5ccccc5)cc43)cc2)c2cccc(-c3ccccc3)c2)C1. The molecule has 0 N–H and O–H groups in total. The van der Waals surface area contributed by atoms with Crippen LogP contribution in [0.3, 0.4) is 0 Å². The molecule has 0 bridgehead atoms. The normalized spacial score (nSPS) is 13.8. The van der Waals surface area contributed by atoms with Crippen LogP contribution in [0.4, 0.5) is 11.4 Å². The molecular weight excluding hydrogens is 631 g/mol. The van der Waals surface area contributed by atoms with Crippen LogP contribution in [0.5, 0.6) is 0 Å². The highest BCUT2D eigenvalue weighted by Crippen LogP contribution is 2.45. The van der Waals surface area contributed by atoms with Crippen molar-refractivity contribution >= 4 is 50.2 Å². The Morgan fingerprint density at radius 3 is 1.88 bits per heavy atom. The van der Waals surface area contributed by atoms with Gasteiger partial charge in [0.2, 0.25) is 0 Å². The van der Waals surface area contributed by atoms with E-state index in [0.717, 1.165) is 50.6 Å². The minimum Gasteiger partial charge on any atom is -0.455 e. The lowest BCUT2D eigenvalue weighted by atomic mass is 9.90. The minimum atomic E-state index is 0.156. The molecule has 1 aliphatic carbocycles. The van der Waals surface area contributed by atoms with Crippen LogP contribution < -0.4 is 4.90 Å². The molecule has 0 fully saturated rings. The third kappa shape index (κ3) is 5.11. The molecule has 10 rings (SSSR count). The van der Waals surface area contributed by atoms with Gasteiger partial charge in [0.1, 0.15) is 11.2 Å². The summed E-state index contributed by atoms with van der Waals surface area (Å²) in [6, 6.07) is 65.7. The fourth-order valence-corrected chi connectivity index (χ4v) is 8.14. The van der Waals surface area contributed by atoms with E-state index in [2.05, 4.69) is 199 Å². The summed E-state index contributed by atoms with van der Waals surface area (Å²) in [7, 11) is 0. The Morgan fingerprint density at radius 1 is 0.423 bits per heavy atom. The van der Waals surface area contributed by atoms with Gasteiger partial charge in [-0.15, -0.1) is 0 Å². The fraction of sp³-hybridized carbons (Fsp3) is 0.0400. The van der Waals surface area contributed by atoms with Crippen molar-refractivity contribution in [2.24, 2.45) is 0 Å². The quantitative estimate of drug-likeness (QED) is 0.176. The molecule has 1 unspecified atom stereocenters. The summed E-state index contributed by atoms with van der Waals surface area (Å²) >= 11 is 0. The molecule has 0 spiro atoms. The second-order valence-electron chi connectivity index (χ2n) is 13.6. The average molecular weight is 666 g/mol. The molecular formula is C50H35NO. The first-order valence-electron chi connectivity index (χ1n) is 18.0. The van der Waals surface area contributed by atoms with Crippen LogP contribution in [0.15, 0.2) is 192 Å². The van der Waals surface area contributed by atoms with Gasteiger partial charge in [-0.3, -0.25) is 0 Å². The molecule has 9 aromatic rings. The first-order chi connectivity index (χ1) is 25.8. The Bertz CT molecular complexity index is 2760. The van der Waals surface area contributed by atoms with Gasteiger partial charge in [0.05, 0.1) is 6.04 Å². The average Bonchev–Trinajstić information content (AvgIpc) is 3.61. The van der Waals surface area contributed by atoms with Crippen molar-refractivity contribution in [1.82, 2.24) is 0 Å². The van der Waals surface area contributed by atoms with E-state index in [-0.39, 0.29) is 6.04 Å². The number of benzene rings is 8. The van der Waals surface area contributed by atoms with E-state index in [0.29, 0.717) is 0 Å². The van der Waals surface area contributed by atoms with Crippen LogP contribution in [0, 0.1) is 0 Å². The van der Waals surface area contributed by atoms with Crippen LogP contribution in [0.25, 0.3) is 72.2 Å². The summed E-state index contributed by atoms with van der Waals surface area (Å²) in [6.45, 7) is 0. The largest absolute Gasteiger partial charge is 0.455 e. The van der Waals surface area contributed by atoms with Crippen molar-refractivity contribution in [2.45, 2.75) is 12.5 Å². The monoisotopic (exact) mass is 665 g/mol. The van der Waals surface area contributed by atoms with Gasteiger partial charge in [-0.25, -0.2) is 0 Å². The van der Waals surface area contributed by atoms with Crippen LogP contribution in [-0.4, -0.2) is 0 Å². The molecule has 0 amide bonds. The summed E-state index contributed by atoms with van der Waals surface area (Å²) in [5.74, 6) is 0. The summed E-state index contributed by atoms with van der Waals surface area (Å²) in [5, 5.41) is 4.59. The van der Waals surface area contributed by atoms with Gasteiger partial charge in [0.25, 0.3) is 0 Å². The van der Waals surface area contributed by atoms with E-state index >= 15 is 0 Å². The highest BCUT2D eigenvalue weighted by molar-refractivity contribution is 6.20. The molecule has 8 aromatic carbocycles. The maximum absolute atomic E-state index is 6.86. The predicted octanol–water partition coefficient (Wildman–Crippen LogP) is 14.0. The molecule has 52 heavy (non-hydrogen) atoms. The van der Waals surface area contributed by atoms with Crippen molar-refractivity contribution in [3.63, 3.8) is 0 Å². The number of fused-ring (bicyclic) bond motifs is 6. The Morgan fingerprint density at radius 2 is 1.06 bits per heavy atom. The summed E-state index contributed by atoms with van der Waals surface area (Å²) in [4.78, 5) is 2.51. The number of hydrogen-bond donors (Lipinski definition) is 0. The maximum atomic E-state index is 6.86. The fourth-order valence-electron chi connectivity index (χ4n) is 8.14. The number of para-hydroxylation sites is 1. The van der Waals surface area contributed by atoms with Crippen LogP contribution >= 0.6 is 0 Å². The minimum absolute atomic E-state index is 0.156. The molecule has 1 aliphatic rings. The standard InChI is InChI=1S/C50H35NO/c1-3-14-34(15-4-1)38-20-11-21-40(32-38)51(48-27-12-19-35-18-7-8-22-41(35)48)39-30-28-37(29-31-39)42-25-13-26-45-47-33-46(36-16-5-2-6-17-36)43-23-9-10-24-44(43)50(47)52-49(42)45/h1-26,28-33,48H,27H2. The Balaban J connectivity index is 1.10. The van der Waals surface area contributed by atoms with Crippen molar-refractivity contribution in [1.29, 1.82) is 0 Å². The zero-order valence-electron chi connectivity index (χ0n) is 28.6. The maximum Gasteiger partial charge on any atom is 0.143 e. The third-order valence-electron chi connectivity index (χ3n) is 10.6. The first kappa shape index (κ1) is 30.2. The summed E-state index contributed by atoms with van der Waals surface area (Å²) in [6.07, 6.45) is 5.49. The number of furan rings is 1. The zero-order valence-corrected chi connectivity index (χ0v) is 28.6. The van der Waals surface area contributed by atoms with E-state index in [4.69, 9.17) is 4.42 Å². The van der Waals surface area contributed by atoms with Crippen molar-refractivity contribution in [3.05, 3.63) is 199 Å². The molecule has 0 radical (unpaired) electrons. The lowest BCUT2D eigenvalue weighted by molar-refractivity contribution is 0.674. The second kappa shape index (κ2) is 12.6. The summed E-state index contributed by atoms with van der Waals surface area (Å²) in [5.41, 5.74) is 13.9. The van der Waals surface area contributed by atoms with E-state index in [1.165, 1.54) is 44.5 Å². The van der Waals surface area contributed by atoms with Gasteiger partial charge in [0.15, 0.2) is 0 Å². The van der Waals surface area contributed by atoms with E-state index < -0.39 is 0 Å². The smallest absolute Gasteiger partial charge is 0.143 e. The second-order valence-corrected chi connectivity index (χ2v) is 13.6. The number of rotatable bonds is 6. The molecule has 0 saturated carbocycles. The molecule has 2 nitrogen and oxygen atoms in total. The third-order valence-corrected chi connectivity index (χ3v) is 10.6. The lowest BCUT2D eigenvalue weighted by Crippen LogP contribution is -2.25. The Hall–Kier alpha value is -6.64. The topological polar surface area (TPSA) is 16.4 Å². The highest BCUT2D eigenvalue weighted by atomic mass is 16.3. The van der Waals surface area contributed by atoms with E-state index in [1.807, 2.05) is 0 Å². The molecule has 1 atom stereocenters. The number of nitrogens with zero attached hydrogens (tertiary/aromatic N) is 1. The van der Waals surface area contributed by atoms with Crippen LogP contribution in [0.1, 0.15) is 23.6 Å². The molecule has 1 aromatic heterocycles. The van der Waals surface area contributed by atoms with Crippen LogP contribution in [0.2, 0.25) is 0 Å². The molecule has 0 aliphatic heterocycles. The summed E-state index contributed by atoms with van der Waals surface area (Å²) < 4.78 is 6.86. The van der Waals surface area contributed by atoms with Gasteiger partial charge in [-0.1, -0.05) is 164 Å². The van der Waals surface area contributed by atoms with Crippen LogP contribution in [-0.2, 0) is 0 Å². The predicted molar refractivity (Wildman–Crippen MR) is 219 cm³/mol. The molecule has 246 valence electrons. The van der Waals surface area contributed by atoms with Crippen molar-refractivity contribution in [2.75, 3.05) is 4.90 Å². The van der Waals surface area contributed by atoms with E-state index in [9.17, 15) is 0 Å². The lowest BCUT2D eigenvalue weighted by Gasteiger charge is -2.36. The van der Waals surface area contributed by atoms with E-state index in [1.54, 1.807) is 0 Å². The van der Waals surface area contributed by atoms with Gasteiger partial charge in [-0.05, 0) is 81.1 Å². The molecule has 1 heterocycles. The van der Waals surface area contributed by atoms with Gasteiger partial charge in [-0.2, -0.15) is 0 Å². The van der Waals surface area contributed by atoms with Crippen molar-refractivity contribution < 1.29 is 4.42 Å². The molecule has 2 heteroatoms. The highest BCUT2D eigenvalue weighted by Gasteiger charge is 2.26. The zero-order chi connectivity index (χ0) is 34.4.